The first-order valence-corrected chi connectivity index (χ1v) is 8.60. The van der Waals surface area contributed by atoms with E-state index >= 15 is 0 Å². The summed E-state index contributed by atoms with van der Waals surface area (Å²) in [6, 6.07) is 0. The zero-order valence-corrected chi connectivity index (χ0v) is 10.9. The fourth-order valence-corrected chi connectivity index (χ4v) is 4.95. The van der Waals surface area contributed by atoms with Crippen LogP contribution < -0.4 is 0 Å². The molecule has 0 aromatic heterocycles. The molecule has 78 valence electrons. The van der Waals surface area contributed by atoms with Gasteiger partial charge in [-0.05, 0) is 17.9 Å². The van der Waals surface area contributed by atoms with Crippen LogP contribution in [0.25, 0.3) is 0 Å². The molecule has 1 heterocycles. The van der Waals surface area contributed by atoms with E-state index in [9.17, 15) is 0 Å². The van der Waals surface area contributed by atoms with Crippen molar-refractivity contribution in [2.45, 2.75) is 25.7 Å². The molecule has 0 amide bonds. The highest BCUT2D eigenvalue weighted by Gasteiger charge is 2.53. The van der Waals surface area contributed by atoms with E-state index in [0.717, 1.165) is 0 Å². The average Bonchev–Trinajstić information content (AvgIpc) is 2.85. The van der Waals surface area contributed by atoms with E-state index in [1.807, 2.05) is 23.5 Å². The molecule has 13 heavy (non-hydrogen) atoms. The largest absolute Gasteiger partial charge is 0.308 e. The summed E-state index contributed by atoms with van der Waals surface area (Å²) in [4.78, 5) is 0. The van der Waals surface area contributed by atoms with Gasteiger partial charge in [0, 0.05) is 5.75 Å². The van der Waals surface area contributed by atoms with Gasteiger partial charge in [0.15, 0.2) is 16.9 Å². The monoisotopic (exact) mass is 239 g/mol. The maximum atomic E-state index is 5.60. The van der Waals surface area contributed by atoms with Gasteiger partial charge in [0.2, 0.25) is 0 Å². The molecule has 0 N–H and O–H groups in total. The van der Waals surface area contributed by atoms with E-state index in [2.05, 4.69) is 13.8 Å². The van der Waals surface area contributed by atoms with E-state index in [-0.39, 0.29) is 0 Å². The number of hydrogen-bond donors (Lipinski definition) is 0. The Kier molecular flexibility index (Phi) is 6.80. The van der Waals surface area contributed by atoms with Crippen molar-refractivity contribution in [2.24, 2.45) is 0 Å². The van der Waals surface area contributed by atoms with Crippen LogP contribution in [0.15, 0.2) is 0 Å². The van der Waals surface area contributed by atoms with Crippen LogP contribution in [0.5, 0.6) is 0 Å². The van der Waals surface area contributed by atoms with Gasteiger partial charge in [-0.3, -0.25) is 0 Å². The molecule has 0 aromatic carbocycles. The summed E-state index contributed by atoms with van der Waals surface area (Å²) in [5.74, 6) is 6.34. The molecule has 0 bridgehead atoms. The molecule has 2 atom stereocenters. The third kappa shape index (κ3) is 5.45. The predicted octanol–water partition coefficient (Wildman–Crippen LogP) is 2.77. The van der Waals surface area contributed by atoms with Crippen LogP contribution in [0.1, 0.15) is 20.3 Å². The molecular weight excluding hydrogens is 220 g/mol. The first kappa shape index (κ1) is 12.1. The van der Waals surface area contributed by atoms with Crippen LogP contribution >= 0.6 is 23.5 Å². The van der Waals surface area contributed by atoms with E-state index in [1.54, 1.807) is 0 Å². The lowest BCUT2D eigenvalue weighted by atomic mass is 10.6. The molecule has 0 spiro atoms. The Labute approximate surface area is 93.3 Å². The van der Waals surface area contributed by atoms with Crippen LogP contribution in [0.2, 0.25) is 0 Å². The summed E-state index contributed by atoms with van der Waals surface area (Å²) >= 11 is 4.42. The minimum absolute atomic E-state index is 0.350. The Balaban J connectivity index is 1.85. The van der Waals surface area contributed by atoms with Crippen molar-refractivity contribution >= 4 is 34.7 Å². The van der Waals surface area contributed by atoms with Gasteiger partial charge in [0.1, 0.15) is 0 Å². The highest BCUT2D eigenvalue weighted by Crippen LogP contribution is 2.31. The van der Waals surface area contributed by atoms with Crippen molar-refractivity contribution in [1.29, 1.82) is 0 Å². The standard InChI is InChI=1S/C9H19OS3/c1-3-5-12-8-9-10-13(9)7-6-11-4-2/h9H,3-8H2,1-2H3/q+1. The molecule has 0 saturated carbocycles. The van der Waals surface area contributed by atoms with Crippen LogP contribution in [-0.2, 0) is 15.4 Å². The minimum atomic E-state index is 0.350. The van der Waals surface area contributed by atoms with Crippen molar-refractivity contribution < 1.29 is 4.18 Å². The lowest BCUT2D eigenvalue weighted by Crippen LogP contribution is -2.00. The van der Waals surface area contributed by atoms with Crippen LogP contribution in [0, 0.1) is 0 Å². The zero-order valence-electron chi connectivity index (χ0n) is 8.45. The molecule has 2 unspecified atom stereocenters. The second kappa shape index (κ2) is 7.32. The Morgan fingerprint density at radius 1 is 1.23 bits per heavy atom. The molecule has 1 nitrogen and oxygen atoms in total. The molecule has 0 aromatic rings. The topological polar surface area (TPSA) is 12.5 Å². The lowest BCUT2D eigenvalue weighted by Gasteiger charge is -1.89. The van der Waals surface area contributed by atoms with E-state index in [0.29, 0.717) is 16.6 Å². The van der Waals surface area contributed by atoms with E-state index in [4.69, 9.17) is 4.18 Å². The van der Waals surface area contributed by atoms with Crippen molar-refractivity contribution in [2.75, 3.05) is 28.8 Å². The van der Waals surface area contributed by atoms with E-state index in [1.165, 1.54) is 35.2 Å². The highest BCUT2D eigenvalue weighted by atomic mass is 32.2. The maximum Gasteiger partial charge on any atom is 0.308 e. The zero-order chi connectivity index (χ0) is 9.52. The fourth-order valence-electron chi connectivity index (χ4n) is 1.01. The predicted molar refractivity (Wildman–Crippen MR) is 67.7 cm³/mol. The van der Waals surface area contributed by atoms with Gasteiger partial charge >= 0.3 is 5.44 Å². The van der Waals surface area contributed by atoms with Gasteiger partial charge in [0.25, 0.3) is 0 Å². The van der Waals surface area contributed by atoms with Crippen LogP contribution in [0.3, 0.4) is 0 Å². The first-order valence-electron chi connectivity index (χ1n) is 4.90. The normalized spacial score (nSPS) is 26.3. The van der Waals surface area contributed by atoms with Crippen LogP contribution in [0.4, 0.5) is 0 Å². The summed E-state index contributed by atoms with van der Waals surface area (Å²) in [5.41, 5.74) is 0.619. The molecule has 1 saturated heterocycles. The van der Waals surface area contributed by atoms with Crippen molar-refractivity contribution in [3.63, 3.8) is 0 Å². The van der Waals surface area contributed by atoms with Gasteiger partial charge in [-0.2, -0.15) is 23.5 Å². The van der Waals surface area contributed by atoms with Crippen molar-refractivity contribution in [3.05, 3.63) is 0 Å². The van der Waals surface area contributed by atoms with Gasteiger partial charge in [0.05, 0.1) is 5.75 Å². The maximum absolute atomic E-state index is 5.60. The third-order valence-corrected chi connectivity index (χ3v) is 6.07. The Morgan fingerprint density at radius 2 is 2.08 bits per heavy atom. The highest BCUT2D eigenvalue weighted by molar-refractivity contribution is 8.04. The summed E-state index contributed by atoms with van der Waals surface area (Å²) < 4.78 is 5.60. The summed E-state index contributed by atoms with van der Waals surface area (Å²) in [6.45, 7) is 4.45. The van der Waals surface area contributed by atoms with Gasteiger partial charge in [-0.1, -0.05) is 13.8 Å². The summed E-state index contributed by atoms with van der Waals surface area (Å²) in [6.07, 6.45) is 1.29. The first-order chi connectivity index (χ1) is 6.38. The quantitative estimate of drug-likeness (QED) is 0.367. The van der Waals surface area contributed by atoms with Crippen LogP contribution in [-0.4, -0.2) is 34.2 Å². The van der Waals surface area contributed by atoms with Gasteiger partial charge in [-0.25, -0.2) is 0 Å². The Hall–Kier alpha value is 1.01. The van der Waals surface area contributed by atoms with Gasteiger partial charge < -0.3 is 0 Å². The molecule has 0 aliphatic carbocycles. The fraction of sp³-hybridized carbons (Fsp3) is 1.00. The van der Waals surface area contributed by atoms with Crippen molar-refractivity contribution in [1.82, 2.24) is 0 Å². The van der Waals surface area contributed by atoms with Crippen molar-refractivity contribution in [3.8, 4) is 0 Å². The minimum Gasteiger partial charge on any atom is -0.157 e. The number of rotatable bonds is 8. The SMILES string of the molecule is CCCSCC1O[S+]1CCSCC. The Bertz CT molecular complexity index is 118. The smallest absolute Gasteiger partial charge is 0.157 e. The number of thioether (sulfide) groups is 2. The average molecular weight is 239 g/mol. The van der Waals surface area contributed by atoms with Gasteiger partial charge in [-0.15, -0.1) is 4.18 Å². The molecule has 1 aliphatic heterocycles. The summed E-state index contributed by atoms with van der Waals surface area (Å²) in [7, 11) is 0. The lowest BCUT2D eigenvalue weighted by molar-refractivity contribution is 0.488. The second-order valence-corrected chi connectivity index (χ2v) is 7.31. The molecule has 1 rings (SSSR count). The second-order valence-electron chi connectivity index (χ2n) is 2.88. The van der Waals surface area contributed by atoms with E-state index < -0.39 is 0 Å². The third-order valence-electron chi connectivity index (χ3n) is 1.72. The molecule has 0 radical (unpaired) electrons. The molecular formula is C9H19OS3+. The Morgan fingerprint density at radius 3 is 2.77 bits per heavy atom. The summed E-state index contributed by atoms with van der Waals surface area (Å²) in [5, 5.41) is 0. The molecule has 1 aliphatic rings. The number of hydrogen-bond acceptors (Lipinski definition) is 3. The molecule has 4 heteroatoms. The molecule has 1 fully saturated rings.